The maximum absolute atomic E-state index is 6.13. The van der Waals surface area contributed by atoms with Crippen LogP contribution in [0, 0.1) is 5.92 Å². The molecule has 0 bridgehead atoms. The van der Waals surface area contributed by atoms with Gasteiger partial charge in [-0.25, -0.2) is 0 Å². The summed E-state index contributed by atoms with van der Waals surface area (Å²) in [5, 5.41) is 12.4. The fourth-order valence-corrected chi connectivity index (χ4v) is 3.82. The summed E-state index contributed by atoms with van der Waals surface area (Å²) in [5.41, 5.74) is 1.79. The van der Waals surface area contributed by atoms with E-state index < -0.39 is 0 Å². The van der Waals surface area contributed by atoms with Gasteiger partial charge in [0.05, 0.1) is 26.3 Å². The Labute approximate surface area is 150 Å². The maximum atomic E-state index is 6.13. The summed E-state index contributed by atoms with van der Waals surface area (Å²) < 4.78 is 13.8. The third-order valence-electron chi connectivity index (χ3n) is 5.33. The van der Waals surface area contributed by atoms with E-state index in [9.17, 15) is 0 Å². The normalized spacial score (nSPS) is 21.4. The van der Waals surface area contributed by atoms with Crippen LogP contribution in [0.1, 0.15) is 12.0 Å². The fourth-order valence-electron chi connectivity index (χ4n) is 3.82. The van der Waals surface area contributed by atoms with E-state index in [0.29, 0.717) is 19.1 Å². The highest BCUT2D eigenvalue weighted by molar-refractivity contribution is 5.48. The molecule has 1 atom stereocenters. The van der Waals surface area contributed by atoms with Crippen LogP contribution >= 0.6 is 0 Å². The smallest absolute Gasteiger partial charge is 0.177 e. The van der Waals surface area contributed by atoms with Gasteiger partial charge in [-0.3, -0.25) is 4.98 Å². The van der Waals surface area contributed by atoms with Crippen LogP contribution in [0.3, 0.4) is 0 Å². The molecule has 3 aromatic rings. The summed E-state index contributed by atoms with van der Waals surface area (Å²) in [7, 11) is 0. The van der Waals surface area contributed by atoms with Crippen molar-refractivity contribution in [3.05, 3.63) is 48.5 Å². The Bertz CT molecular complexity index is 893. The van der Waals surface area contributed by atoms with Crippen molar-refractivity contribution in [3.8, 4) is 0 Å². The molecule has 5 heterocycles. The Morgan fingerprint density at radius 1 is 1.19 bits per heavy atom. The first kappa shape index (κ1) is 15.7. The summed E-state index contributed by atoms with van der Waals surface area (Å²) >= 11 is 0. The molecule has 2 aliphatic rings. The molecule has 0 radical (unpaired) electrons. The number of pyridine rings is 1. The Hall–Kier alpha value is -2.58. The van der Waals surface area contributed by atoms with Crippen LogP contribution in [-0.4, -0.2) is 56.7 Å². The van der Waals surface area contributed by atoms with Crippen molar-refractivity contribution in [2.45, 2.75) is 18.6 Å². The molecule has 1 unspecified atom stereocenters. The zero-order valence-electron chi connectivity index (χ0n) is 14.4. The van der Waals surface area contributed by atoms with Crippen molar-refractivity contribution in [2.24, 2.45) is 5.92 Å². The highest BCUT2D eigenvalue weighted by Crippen LogP contribution is 2.41. The van der Waals surface area contributed by atoms with Crippen LogP contribution in [0.25, 0.3) is 5.65 Å². The van der Waals surface area contributed by atoms with Gasteiger partial charge >= 0.3 is 0 Å². The lowest BCUT2D eigenvalue weighted by molar-refractivity contribution is -0.0655. The predicted molar refractivity (Wildman–Crippen MR) is 93.7 cm³/mol. The molecule has 1 spiro atoms. The molecule has 2 aliphatic heterocycles. The van der Waals surface area contributed by atoms with Gasteiger partial charge in [0, 0.05) is 24.9 Å². The van der Waals surface area contributed by atoms with Gasteiger partial charge in [0.2, 0.25) is 0 Å². The quantitative estimate of drug-likeness (QED) is 0.685. The van der Waals surface area contributed by atoms with Gasteiger partial charge in [-0.2, -0.15) is 4.52 Å². The van der Waals surface area contributed by atoms with Gasteiger partial charge in [0.1, 0.15) is 17.7 Å². The zero-order valence-corrected chi connectivity index (χ0v) is 14.4. The first-order valence-electron chi connectivity index (χ1n) is 8.85. The number of hydrogen-bond acceptors (Lipinski definition) is 7. The van der Waals surface area contributed by atoms with Gasteiger partial charge in [-0.1, -0.05) is 0 Å². The standard InChI is InChI=1S/C18H20N6O2/c1-2-17(22-24-13-20-21-16(1)24)23-11-18(12-23)15(5-8-26-18)10-25-9-14-3-6-19-7-4-14/h1-4,6-7,13,15H,5,8-12H2. The number of fused-ring (bicyclic) bond motifs is 1. The number of rotatable bonds is 5. The number of nitrogens with zero attached hydrogens (tertiary/aromatic N) is 6. The first-order valence-corrected chi connectivity index (χ1v) is 8.85. The minimum atomic E-state index is -0.109. The molecule has 0 aliphatic carbocycles. The van der Waals surface area contributed by atoms with E-state index in [-0.39, 0.29) is 5.60 Å². The number of hydrogen-bond donors (Lipinski definition) is 0. The van der Waals surface area contributed by atoms with Crippen LogP contribution in [0.15, 0.2) is 43.0 Å². The zero-order chi connectivity index (χ0) is 17.4. The third-order valence-corrected chi connectivity index (χ3v) is 5.33. The number of ether oxygens (including phenoxy) is 2. The summed E-state index contributed by atoms with van der Waals surface area (Å²) in [6, 6.07) is 7.89. The van der Waals surface area contributed by atoms with E-state index in [1.54, 1.807) is 23.2 Å². The summed E-state index contributed by atoms with van der Waals surface area (Å²) in [6.45, 7) is 3.82. The van der Waals surface area contributed by atoms with Gasteiger partial charge in [-0.05, 0) is 36.2 Å². The second-order valence-corrected chi connectivity index (χ2v) is 6.95. The van der Waals surface area contributed by atoms with Crippen LogP contribution in [-0.2, 0) is 16.1 Å². The molecule has 3 aromatic heterocycles. The van der Waals surface area contributed by atoms with Crippen molar-refractivity contribution in [1.29, 1.82) is 0 Å². The van der Waals surface area contributed by atoms with Crippen molar-refractivity contribution >= 4 is 11.5 Å². The largest absolute Gasteiger partial charge is 0.376 e. The molecule has 0 aromatic carbocycles. The molecule has 0 N–H and O–H groups in total. The molecule has 8 heteroatoms. The molecule has 26 heavy (non-hydrogen) atoms. The molecule has 134 valence electrons. The number of aromatic nitrogens is 5. The Balaban J connectivity index is 1.21. The van der Waals surface area contributed by atoms with Crippen molar-refractivity contribution < 1.29 is 9.47 Å². The topological polar surface area (TPSA) is 77.7 Å². The molecular formula is C18H20N6O2. The van der Waals surface area contributed by atoms with Crippen LogP contribution in [0.5, 0.6) is 0 Å². The lowest BCUT2D eigenvalue weighted by atomic mass is 9.81. The molecule has 2 fully saturated rings. The number of anilines is 1. The first-order chi connectivity index (χ1) is 12.8. The summed E-state index contributed by atoms with van der Waals surface area (Å²) in [5.74, 6) is 1.34. The van der Waals surface area contributed by atoms with E-state index in [0.717, 1.165) is 43.1 Å². The van der Waals surface area contributed by atoms with Crippen LogP contribution < -0.4 is 4.90 Å². The van der Waals surface area contributed by atoms with E-state index in [4.69, 9.17) is 9.47 Å². The molecule has 0 saturated carbocycles. The van der Waals surface area contributed by atoms with Crippen molar-refractivity contribution in [1.82, 2.24) is 24.8 Å². The van der Waals surface area contributed by atoms with Gasteiger partial charge < -0.3 is 14.4 Å². The second kappa shape index (κ2) is 6.30. The Kier molecular flexibility index (Phi) is 3.79. The average Bonchev–Trinajstić information content (AvgIpc) is 3.27. The minimum absolute atomic E-state index is 0.109. The highest BCUT2D eigenvalue weighted by Gasteiger charge is 2.53. The van der Waals surface area contributed by atoms with E-state index in [2.05, 4.69) is 25.2 Å². The Morgan fingerprint density at radius 3 is 2.96 bits per heavy atom. The maximum Gasteiger partial charge on any atom is 0.177 e. The monoisotopic (exact) mass is 352 g/mol. The SMILES string of the molecule is c1cc(COCC2CCOC23CN(c2ccc4nncn4n2)C3)ccn1. The lowest BCUT2D eigenvalue weighted by Crippen LogP contribution is -2.65. The van der Waals surface area contributed by atoms with E-state index in [1.165, 1.54) is 0 Å². The third kappa shape index (κ3) is 2.71. The summed E-state index contributed by atoms with van der Waals surface area (Å²) in [6.07, 6.45) is 6.25. The minimum Gasteiger partial charge on any atom is -0.376 e. The van der Waals surface area contributed by atoms with E-state index in [1.807, 2.05) is 24.3 Å². The highest BCUT2D eigenvalue weighted by atomic mass is 16.5. The molecular weight excluding hydrogens is 332 g/mol. The molecule has 2 saturated heterocycles. The average molecular weight is 352 g/mol. The lowest BCUT2D eigenvalue weighted by Gasteiger charge is -2.50. The molecule has 5 rings (SSSR count). The fraction of sp³-hybridized carbons (Fsp3) is 0.444. The van der Waals surface area contributed by atoms with E-state index >= 15 is 0 Å². The molecule has 0 amide bonds. The van der Waals surface area contributed by atoms with Gasteiger partial charge in [0.15, 0.2) is 5.65 Å². The summed E-state index contributed by atoms with van der Waals surface area (Å²) in [4.78, 5) is 6.27. The van der Waals surface area contributed by atoms with Crippen molar-refractivity contribution in [2.75, 3.05) is 31.2 Å². The van der Waals surface area contributed by atoms with Crippen LogP contribution in [0.4, 0.5) is 5.82 Å². The second-order valence-electron chi connectivity index (χ2n) is 6.95. The van der Waals surface area contributed by atoms with Crippen LogP contribution in [0.2, 0.25) is 0 Å². The predicted octanol–water partition coefficient (Wildman–Crippen LogP) is 1.33. The Morgan fingerprint density at radius 2 is 2.08 bits per heavy atom. The van der Waals surface area contributed by atoms with Gasteiger partial charge in [0.25, 0.3) is 0 Å². The molecule has 8 nitrogen and oxygen atoms in total. The van der Waals surface area contributed by atoms with Gasteiger partial charge in [-0.15, -0.1) is 15.3 Å². The van der Waals surface area contributed by atoms with Crippen molar-refractivity contribution in [3.63, 3.8) is 0 Å².